The molecule has 1 unspecified atom stereocenters. The minimum atomic E-state index is -1.79. The molecule has 1 aliphatic heterocycles. The Morgan fingerprint density at radius 2 is 2.15 bits per heavy atom. The largest absolute Gasteiger partial charge is 0.466 e. The van der Waals surface area contributed by atoms with Crippen LogP contribution in [-0.2, 0) is 9.59 Å². The van der Waals surface area contributed by atoms with E-state index in [1.54, 1.807) is 12.1 Å². The molecular weight excluding hydrogens is 381 g/mol. The van der Waals surface area contributed by atoms with Crippen molar-refractivity contribution >= 4 is 55.8 Å². The predicted molar refractivity (Wildman–Crippen MR) is 97.3 cm³/mol. The smallest absolute Gasteiger partial charge is 0.280 e. The van der Waals surface area contributed by atoms with E-state index in [-0.39, 0.29) is 5.13 Å². The van der Waals surface area contributed by atoms with E-state index >= 15 is 0 Å². The summed E-state index contributed by atoms with van der Waals surface area (Å²) in [6.45, 7) is 1.36. The van der Waals surface area contributed by atoms with Gasteiger partial charge < -0.3 is 10.1 Å². The van der Waals surface area contributed by atoms with Gasteiger partial charge in [-0.1, -0.05) is 22.9 Å². The van der Waals surface area contributed by atoms with Gasteiger partial charge in [0.2, 0.25) is 0 Å². The molecule has 0 bridgehead atoms. The summed E-state index contributed by atoms with van der Waals surface area (Å²) in [5.41, 5.74) is -0.849. The molecule has 3 aromatic rings. The Balaban J connectivity index is 1.62. The number of amides is 2. The minimum absolute atomic E-state index is 0.245. The molecule has 2 N–H and O–H groups in total. The fourth-order valence-corrected chi connectivity index (χ4v) is 3.57. The van der Waals surface area contributed by atoms with Gasteiger partial charge in [-0.3, -0.25) is 14.9 Å². The standard InChI is InChI=1S/C17H11ClFN3O3S/c1-17(14(23)20-11-6-8(18)2-5-12(11)25-17)15(24)22-16-21-10-4-3-9(19)7-13(10)26-16/h2-7H,1H3,(H,20,23)(H,21,22,24). The van der Waals surface area contributed by atoms with E-state index in [9.17, 15) is 14.0 Å². The molecule has 0 aliphatic carbocycles. The molecule has 2 heterocycles. The number of hydrogen-bond acceptors (Lipinski definition) is 5. The summed E-state index contributed by atoms with van der Waals surface area (Å²) in [5.74, 6) is -1.37. The van der Waals surface area contributed by atoms with Crippen molar-refractivity contribution in [1.29, 1.82) is 0 Å². The van der Waals surface area contributed by atoms with Crippen molar-refractivity contribution in [3.63, 3.8) is 0 Å². The van der Waals surface area contributed by atoms with E-state index < -0.39 is 23.2 Å². The predicted octanol–water partition coefficient (Wildman–Crippen LogP) is 3.82. The third-order valence-corrected chi connectivity index (χ3v) is 5.11. The molecule has 26 heavy (non-hydrogen) atoms. The van der Waals surface area contributed by atoms with Crippen LogP contribution >= 0.6 is 22.9 Å². The van der Waals surface area contributed by atoms with Gasteiger partial charge in [-0.25, -0.2) is 9.37 Å². The molecule has 4 rings (SSSR count). The number of carbonyl (C=O) groups is 2. The van der Waals surface area contributed by atoms with E-state index in [0.717, 1.165) is 11.3 Å². The molecule has 2 aromatic carbocycles. The van der Waals surface area contributed by atoms with Gasteiger partial charge in [-0.05, 0) is 43.3 Å². The fourth-order valence-electron chi connectivity index (χ4n) is 2.51. The summed E-state index contributed by atoms with van der Waals surface area (Å²) >= 11 is 7.00. The number of rotatable bonds is 2. The first-order valence-corrected chi connectivity index (χ1v) is 8.72. The van der Waals surface area contributed by atoms with Crippen LogP contribution in [0.2, 0.25) is 5.02 Å². The van der Waals surface area contributed by atoms with Crippen molar-refractivity contribution < 1.29 is 18.7 Å². The summed E-state index contributed by atoms with van der Waals surface area (Å²) in [4.78, 5) is 29.3. The van der Waals surface area contributed by atoms with Crippen LogP contribution < -0.4 is 15.4 Å². The van der Waals surface area contributed by atoms with Crippen LogP contribution in [0.25, 0.3) is 10.2 Å². The van der Waals surface area contributed by atoms with Crippen LogP contribution in [0.4, 0.5) is 15.2 Å². The van der Waals surface area contributed by atoms with Gasteiger partial charge >= 0.3 is 0 Å². The number of fused-ring (bicyclic) bond motifs is 2. The number of aromatic nitrogens is 1. The number of nitrogens with zero attached hydrogens (tertiary/aromatic N) is 1. The summed E-state index contributed by atoms with van der Waals surface area (Å²) in [6.07, 6.45) is 0. The molecular formula is C17H11ClFN3O3S. The Morgan fingerprint density at radius 1 is 1.35 bits per heavy atom. The molecule has 0 saturated heterocycles. The molecule has 0 saturated carbocycles. The SMILES string of the molecule is CC1(C(=O)Nc2nc3ccc(F)cc3s2)Oc2ccc(Cl)cc2NC1=O. The number of anilines is 2. The third kappa shape index (κ3) is 2.77. The zero-order valence-electron chi connectivity index (χ0n) is 13.3. The molecule has 1 aliphatic rings. The third-order valence-electron chi connectivity index (χ3n) is 3.94. The zero-order valence-corrected chi connectivity index (χ0v) is 14.9. The first kappa shape index (κ1) is 16.7. The molecule has 132 valence electrons. The van der Waals surface area contributed by atoms with E-state index in [0.29, 0.717) is 26.7 Å². The lowest BCUT2D eigenvalue weighted by atomic mass is 10.0. The first-order chi connectivity index (χ1) is 12.3. The maximum Gasteiger partial charge on any atom is 0.280 e. The van der Waals surface area contributed by atoms with Gasteiger partial charge in [0.05, 0.1) is 15.9 Å². The Bertz CT molecular complexity index is 1070. The Kier molecular flexibility index (Phi) is 3.82. The topological polar surface area (TPSA) is 80.3 Å². The Morgan fingerprint density at radius 3 is 2.96 bits per heavy atom. The molecule has 0 fully saturated rings. The number of nitrogens with one attached hydrogen (secondary N) is 2. The van der Waals surface area contributed by atoms with Crippen LogP contribution in [-0.4, -0.2) is 22.4 Å². The fraction of sp³-hybridized carbons (Fsp3) is 0.118. The number of ether oxygens (including phenoxy) is 1. The highest BCUT2D eigenvalue weighted by atomic mass is 35.5. The molecule has 1 atom stereocenters. The highest BCUT2D eigenvalue weighted by molar-refractivity contribution is 7.22. The highest BCUT2D eigenvalue weighted by Crippen LogP contribution is 2.36. The lowest BCUT2D eigenvalue weighted by Gasteiger charge is -2.33. The average Bonchev–Trinajstić information content (AvgIpc) is 2.97. The van der Waals surface area contributed by atoms with Gasteiger partial charge in [0.1, 0.15) is 11.6 Å². The van der Waals surface area contributed by atoms with E-state index in [1.807, 2.05) is 0 Å². The number of carbonyl (C=O) groups excluding carboxylic acids is 2. The summed E-state index contributed by atoms with van der Waals surface area (Å²) in [5, 5.41) is 5.86. The van der Waals surface area contributed by atoms with E-state index in [2.05, 4.69) is 15.6 Å². The number of thiazole rings is 1. The highest BCUT2D eigenvalue weighted by Gasteiger charge is 2.47. The van der Waals surface area contributed by atoms with Crippen molar-refractivity contribution in [3.05, 3.63) is 47.2 Å². The summed E-state index contributed by atoms with van der Waals surface area (Å²) in [6, 6.07) is 8.83. The van der Waals surface area contributed by atoms with Gasteiger partial charge in [0.25, 0.3) is 17.4 Å². The van der Waals surface area contributed by atoms with Gasteiger partial charge in [0.15, 0.2) is 5.13 Å². The second-order valence-electron chi connectivity index (χ2n) is 5.82. The number of benzene rings is 2. The van der Waals surface area contributed by atoms with Gasteiger partial charge in [-0.15, -0.1) is 0 Å². The van der Waals surface area contributed by atoms with Gasteiger partial charge in [0, 0.05) is 5.02 Å². The van der Waals surface area contributed by atoms with Crippen molar-refractivity contribution in [1.82, 2.24) is 4.98 Å². The van der Waals surface area contributed by atoms with Crippen LogP contribution in [0, 0.1) is 5.82 Å². The average molecular weight is 392 g/mol. The van der Waals surface area contributed by atoms with Crippen molar-refractivity contribution in [2.24, 2.45) is 0 Å². The van der Waals surface area contributed by atoms with Gasteiger partial charge in [-0.2, -0.15) is 0 Å². The second kappa shape index (κ2) is 5.93. The van der Waals surface area contributed by atoms with Crippen LogP contribution in [0.5, 0.6) is 5.75 Å². The van der Waals surface area contributed by atoms with E-state index in [1.165, 1.54) is 31.2 Å². The normalized spacial score (nSPS) is 18.8. The van der Waals surface area contributed by atoms with Crippen LogP contribution in [0.15, 0.2) is 36.4 Å². The van der Waals surface area contributed by atoms with Crippen LogP contribution in [0.3, 0.4) is 0 Å². The van der Waals surface area contributed by atoms with E-state index in [4.69, 9.17) is 16.3 Å². The molecule has 1 aromatic heterocycles. The van der Waals surface area contributed by atoms with Crippen LogP contribution in [0.1, 0.15) is 6.92 Å². The first-order valence-electron chi connectivity index (χ1n) is 7.53. The maximum atomic E-state index is 13.3. The zero-order chi connectivity index (χ0) is 18.5. The number of hydrogen-bond donors (Lipinski definition) is 2. The van der Waals surface area contributed by atoms with Crippen molar-refractivity contribution in [2.45, 2.75) is 12.5 Å². The summed E-state index contributed by atoms with van der Waals surface area (Å²) in [7, 11) is 0. The molecule has 6 nitrogen and oxygen atoms in total. The Labute approximate surface area is 155 Å². The summed E-state index contributed by atoms with van der Waals surface area (Å²) < 4.78 is 19.5. The molecule has 0 spiro atoms. The monoisotopic (exact) mass is 391 g/mol. The molecule has 9 heteroatoms. The maximum absolute atomic E-state index is 13.3. The Hall–Kier alpha value is -2.71. The molecule has 0 radical (unpaired) electrons. The molecule has 2 amide bonds. The quantitative estimate of drug-likeness (QED) is 0.651. The second-order valence-corrected chi connectivity index (χ2v) is 7.28. The lowest BCUT2D eigenvalue weighted by Crippen LogP contribution is -2.56. The van der Waals surface area contributed by atoms with Crippen molar-refractivity contribution in [3.8, 4) is 5.75 Å². The lowest BCUT2D eigenvalue weighted by molar-refractivity contribution is -0.143. The minimum Gasteiger partial charge on any atom is -0.466 e. The van der Waals surface area contributed by atoms with Crippen molar-refractivity contribution in [2.75, 3.05) is 10.6 Å². The number of halogens is 2.